The van der Waals surface area contributed by atoms with E-state index in [4.69, 9.17) is 0 Å². The van der Waals surface area contributed by atoms with Crippen LogP contribution in [0.15, 0.2) is 60.7 Å². The van der Waals surface area contributed by atoms with E-state index in [1.54, 1.807) is 0 Å². The van der Waals surface area contributed by atoms with Gasteiger partial charge in [-0.25, -0.2) is 0 Å². The predicted octanol–water partition coefficient (Wildman–Crippen LogP) is 5.89. The van der Waals surface area contributed by atoms with Gasteiger partial charge in [0.05, 0.1) is 0 Å². The van der Waals surface area contributed by atoms with E-state index in [-0.39, 0.29) is 0 Å². The third kappa shape index (κ3) is 12.9. The SMILES string of the molecule is CCCCCCCCC#C[Te+](c1ccccc1)c1ccccc1.F[B-](F)(F)F. The van der Waals surface area contributed by atoms with Gasteiger partial charge >= 0.3 is 156 Å². The van der Waals surface area contributed by atoms with Crippen molar-refractivity contribution in [3.05, 3.63) is 60.7 Å². The summed E-state index contributed by atoms with van der Waals surface area (Å²) in [5.41, 5.74) is 0. The molecule has 0 aliphatic carbocycles. The first-order chi connectivity index (χ1) is 13.4. The first kappa shape index (κ1) is 24.6. The van der Waals surface area contributed by atoms with E-state index >= 15 is 0 Å². The molecule has 6 heteroatoms. The molecular formula is C22H27BF4Te. The molecule has 0 radical (unpaired) electrons. The van der Waals surface area contributed by atoms with Crippen molar-refractivity contribution in [1.82, 2.24) is 0 Å². The predicted molar refractivity (Wildman–Crippen MR) is 114 cm³/mol. The second kappa shape index (κ2) is 14.6. The molecule has 0 fully saturated rings. The van der Waals surface area contributed by atoms with E-state index in [0.717, 1.165) is 6.42 Å². The zero-order chi connectivity index (χ0) is 20.7. The van der Waals surface area contributed by atoms with Crippen LogP contribution >= 0.6 is 0 Å². The van der Waals surface area contributed by atoms with Crippen molar-refractivity contribution in [3.8, 4) is 9.89 Å². The largest absolute Gasteiger partial charge is 0.673 e. The van der Waals surface area contributed by atoms with Gasteiger partial charge in [0.1, 0.15) is 0 Å². The van der Waals surface area contributed by atoms with Crippen molar-refractivity contribution in [1.29, 1.82) is 0 Å². The van der Waals surface area contributed by atoms with E-state index in [0.29, 0.717) is 0 Å². The standard InChI is InChI=1S/C22H27Te.BF4/c1-2-3-4-5-6-7-8-15-20-23(21-16-11-9-12-17-21)22-18-13-10-14-19-22;2-1(3,4)5/h9-14,16-19H,2-8H2,1H3;/q+1;-1. The zero-order valence-electron chi connectivity index (χ0n) is 16.2. The quantitative estimate of drug-likeness (QED) is 0.182. The fourth-order valence-corrected chi connectivity index (χ4v) is 7.09. The van der Waals surface area contributed by atoms with Crippen LogP contribution < -0.4 is 7.22 Å². The molecule has 0 N–H and O–H groups in total. The smallest absolute Gasteiger partial charge is 0.418 e. The number of halogens is 4. The molecule has 0 unspecified atom stereocenters. The number of rotatable bonds is 8. The Morgan fingerprint density at radius 2 is 1.14 bits per heavy atom. The summed E-state index contributed by atoms with van der Waals surface area (Å²) in [6, 6.07) is 21.8. The second-order valence-electron chi connectivity index (χ2n) is 6.22. The molecule has 0 heterocycles. The van der Waals surface area contributed by atoms with Gasteiger partial charge in [-0.1, -0.05) is 0 Å². The van der Waals surface area contributed by atoms with Crippen LogP contribution in [0.1, 0.15) is 51.9 Å². The third-order valence-corrected chi connectivity index (χ3v) is 9.03. The summed E-state index contributed by atoms with van der Waals surface area (Å²) in [6.07, 6.45) is 9.11. The van der Waals surface area contributed by atoms with Crippen LogP contribution in [0.2, 0.25) is 0 Å². The Hall–Kier alpha value is -1.43. The summed E-state index contributed by atoms with van der Waals surface area (Å²) in [7, 11) is -6.00. The van der Waals surface area contributed by atoms with Crippen LogP contribution in [0.4, 0.5) is 17.3 Å². The minimum absolute atomic E-state index is 1.06. The molecule has 0 spiro atoms. The maximum Gasteiger partial charge on any atom is 0.673 e. The van der Waals surface area contributed by atoms with Gasteiger partial charge in [-0.15, -0.1) is 0 Å². The molecular weight excluding hydrogens is 479 g/mol. The topological polar surface area (TPSA) is 0 Å². The van der Waals surface area contributed by atoms with Crippen LogP contribution in [0, 0.1) is 9.89 Å². The van der Waals surface area contributed by atoms with Gasteiger partial charge in [0.15, 0.2) is 0 Å². The Balaban J connectivity index is 0.000000696. The third-order valence-electron chi connectivity index (χ3n) is 3.79. The van der Waals surface area contributed by atoms with Gasteiger partial charge < -0.3 is 17.3 Å². The first-order valence-corrected chi connectivity index (χ1v) is 13.1. The summed E-state index contributed by atoms with van der Waals surface area (Å²) in [5.74, 6) is 3.50. The summed E-state index contributed by atoms with van der Waals surface area (Å²) in [6.45, 7) is 2.27. The van der Waals surface area contributed by atoms with E-state index in [9.17, 15) is 17.3 Å². The maximum absolute atomic E-state index is 9.75. The average molecular weight is 506 g/mol. The van der Waals surface area contributed by atoms with E-state index < -0.39 is 26.8 Å². The summed E-state index contributed by atoms with van der Waals surface area (Å²) >= 11 is -1.73. The Morgan fingerprint density at radius 1 is 0.714 bits per heavy atom. The maximum atomic E-state index is 9.75. The number of hydrogen-bond donors (Lipinski definition) is 0. The molecule has 0 aliphatic heterocycles. The summed E-state index contributed by atoms with van der Waals surface area (Å²) in [5, 5.41) is 0. The molecule has 152 valence electrons. The van der Waals surface area contributed by atoms with Gasteiger partial charge in [-0.2, -0.15) is 0 Å². The molecule has 0 aromatic heterocycles. The average Bonchev–Trinajstić information content (AvgIpc) is 2.67. The van der Waals surface area contributed by atoms with Crippen molar-refractivity contribution >= 4 is 34.0 Å². The number of hydrogen-bond acceptors (Lipinski definition) is 0. The summed E-state index contributed by atoms with van der Waals surface area (Å²) < 4.78 is 45.6. The Morgan fingerprint density at radius 3 is 1.61 bits per heavy atom. The fraction of sp³-hybridized carbons (Fsp3) is 0.364. The van der Waals surface area contributed by atoms with Gasteiger partial charge in [0.2, 0.25) is 0 Å². The molecule has 2 aromatic rings. The van der Waals surface area contributed by atoms with Gasteiger partial charge in [0.25, 0.3) is 0 Å². The van der Waals surface area contributed by atoms with E-state index in [2.05, 4.69) is 77.5 Å². The van der Waals surface area contributed by atoms with Crippen LogP contribution in [0.5, 0.6) is 0 Å². The zero-order valence-corrected chi connectivity index (χ0v) is 18.6. The van der Waals surface area contributed by atoms with Gasteiger partial charge in [-0.05, 0) is 0 Å². The minimum atomic E-state index is -6.00. The van der Waals surface area contributed by atoms with Crippen molar-refractivity contribution in [3.63, 3.8) is 0 Å². The Labute approximate surface area is 173 Å². The number of benzene rings is 2. The number of unbranched alkanes of at least 4 members (excludes halogenated alkanes) is 6. The normalized spacial score (nSPS) is 10.6. The van der Waals surface area contributed by atoms with Gasteiger partial charge in [-0.3, -0.25) is 0 Å². The Bertz CT molecular complexity index is 648. The second-order valence-corrected chi connectivity index (χ2v) is 11.2. The molecule has 0 amide bonds. The van der Waals surface area contributed by atoms with Crippen molar-refractivity contribution in [2.24, 2.45) is 0 Å². The molecule has 0 nitrogen and oxygen atoms in total. The van der Waals surface area contributed by atoms with Crippen molar-refractivity contribution in [2.45, 2.75) is 51.9 Å². The van der Waals surface area contributed by atoms with E-state index in [1.165, 1.54) is 45.7 Å². The van der Waals surface area contributed by atoms with E-state index in [1.807, 2.05) is 0 Å². The Kier molecular flexibility index (Phi) is 12.8. The van der Waals surface area contributed by atoms with Crippen LogP contribution in [-0.2, 0) is 0 Å². The molecule has 28 heavy (non-hydrogen) atoms. The molecule has 2 rings (SSSR count). The first-order valence-electron chi connectivity index (χ1n) is 9.62. The molecule has 2 aromatic carbocycles. The van der Waals surface area contributed by atoms with Crippen molar-refractivity contribution in [2.75, 3.05) is 0 Å². The van der Waals surface area contributed by atoms with Crippen LogP contribution in [-0.4, -0.2) is 26.8 Å². The molecule has 0 aliphatic rings. The molecule has 0 saturated heterocycles. The van der Waals surface area contributed by atoms with Crippen LogP contribution in [0.3, 0.4) is 0 Å². The van der Waals surface area contributed by atoms with Gasteiger partial charge in [0, 0.05) is 0 Å². The fourth-order valence-electron chi connectivity index (χ4n) is 2.48. The summed E-state index contributed by atoms with van der Waals surface area (Å²) in [4.78, 5) is 0. The molecule has 0 bridgehead atoms. The van der Waals surface area contributed by atoms with Crippen molar-refractivity contribution < 1.29 is 17.3 Å². The monoisotopic (exact) mass is 508 g/mol. The van der Waals surface area contributed by atoms with Crippen LogP contribution in [0.25, 0.3) is 0 Å². The molecule has 0 atom stereocenters. The molecule has 0 saturated carbocycles. The minimum Gasteiger partial charge on any atom is -0.418 e.